The van der Waals surface area contributed by atoms with Crippen LogP contribution in [0, 0.1) is 0 Å². The summed E-state index contributed by atoms with van der Waals surface area (Å²) in [6.07, 6.45) is 20.4. The predicted molar refractivity (Wildman–Crippen MR) is 228 cm³/mol. The van der Waals surface area contributed by atoms with Crippen LogP contribution in [0.3, 0.4) is 0 Å². The molecule has 1 atom stereocenters. The molecule has 3 heterocycles. The Bertz CT molecular complexity index is 1850. The van der Waals surface area contributed by atoms with Gasteiger partial charge in [0.15, 0.2) is 5.71 Å². The van der Waals surface area contributed by atoms with E-state index in [0.29, 0.717) is 11.5 Å². The fraction of sp³-hybridized carbons (Fsp3) is 0.429. The molecule has 7 nitrogen and oxygen atoms in total. The highest BCUT2D eigenvalue weighted by Gasteiger charge is 2.45. The molecule has 53 heavy (non-hydrogen) atoms. The van der Waals surface area contributed by atoms with Crippen molar-refractivity contribution in [1.29, 1.82) is 0 Å². The van der Waals surface area contributed by atoms with Crippen molar-refractivity contribution in [3.63, 3.8) is 0 Å². The van der Waals surface area contributed by atoms with Gasteiger partial charge in [0.25, 0.3) is 11.8 Å². The maximum absolute atomic E-state index is 12.4. The van der Waals surface area contributed by atoms with E-state index in [0.717, 1.165) is 66.5 Å². The third-order valence-electron chi connectivity index (χ3n) is 10.4. The summed E-state index contributed by atoms with van der Waals surface area (Å²) in [6, 6.07) is 12.8. The molecule has 0 radical (unpaired) electrons. The molecule has 3 aliphatic rings. The minimum Gasteiger partial charge on any atom is -0.344 e. The van der Waals surface area contributed by atoms with E-state index in [9.17, 15) is 14.4 Å². The third-order valence-corrected chi connectivity index (χ3v) is 11.6. The van der Waals surface area contributed by atoms with E-state index in [1.54, 1.807) is 0 Å². The molecule has 282 valence electrons. The summed E-state index contributed by atoms with van der Waals surface area (Å²) < 4.78 is 2.42. The van der Waals surface area contributed by atoms with Gasteiger partial charge >= 0.3 is 5.97 Å². The van der Waals surface area contributed by atoms with Gasteiger partial charge in [-0.2, -0.15) is 29.8 Å². The molecule has 1 fully saturated rings. The van der Waals surface area contributed by atoms with Crippen molar-refractivity contribution in [3.05, 3.63) is 95.8 Å². The summed E-state index contributed by atoms with van der Waals surface area (Å²) >= 11 is 18.3. The Hall–Kier alpha value is -3.12. The molecule has 2 aromatic carbocycles. The number of benzene rings is 2. The van der Waals surface area contributed by atoms with Crippen LogP contribution >= 0.6 is 50.5 Å². The molecule has 2 amide bonds. The number of imide groups is 1. The van der Waals surface area contributed by atoms with Crippen LogP contribution in [0.1, 0.15) is 89.7 Å². The Labute approximate surface area is 336 Å². The van der Waals surface area contributed by atoms with Gasteiger partial charge in [0.05, 0.1) is 5.41 Å². The number of fused-ring (bicyclic) bond motifs is 2. The van der Waals surface area contributed by atoms with Crippen molar-refractivity contribution in [1.82, 2.24) is 5.06 Å². The van der Waals surface area contributed by atoms with Gasteiger partial charge in [0, 0.05) is 76.5 Å². The first-order chi connectivity index (χ1) is 25.4. The first-order valence-corrected chi connectivity index (χ1v) is 20.7. The van der Waals surface area contributed by atoms with Gasteiger partial charge in [0.1, 0.15) is 6.54 Å². The largest absolute Gasteiger partial charge is 0.344 e. The average Bonchev–Trinajstić information content (AvgIpc) is 3.64. The number of anilines is 1. The standard InChI is InChI=1S/C42H51N3O4S4/c1-41(2)32-28-30(52)17-19-34(32)43(24-12-26-50)36(41)14-8-5-4-6-9-15-37-42(3,33-29-31(53)18-20-35(33)44(37)25-13-27-51)23-11-7-10-16-40(48)49-45-38(46)21-22-39(45)47/h4-6,8-9,14-15,17-20,28-29H,7,10-13,16,21-27H2,1-3H3,(H3-,50,51,52,53)/p+1. The number of thiol groups is 4. The minimum absolute atomic E-state index is 0.0885. The van der Waals surface area contributed by atoms with Crippen LogP contribution in [0.2, 0.25) is 0 Å². The topological polar surface area (TPSA) is 69.9 Å². The number of rotatable bonds is 17. The van der Waals surface area contributed by atoms with Gasteiger partial charge in [-0.15, -0.1) is 30.3 Å². The van der Waals surface area contributed by atoms with E-state index in [1.807, 2.05) is 6.07 Å². The quantitative estimate of drug-likeness (QED) is 0.0424. The van der Waals surface area contributed by atoms with Crippen LogP contribution in [0.5, 0.6) is 0 Å². The normalized spacial score (nSPS) is 20.3. The van der Waals surface area contributed by atoms with Crippen molar-refractivity contribution in [2.24, 2.45) is 0 Å². The molecule has 2 aromatic rings. The van der Waals surface area contributed by atoms with Gasteiger partial charge in [-0.1, -0.05) is 43.2 Å². The summed E-state index contributed by atoms with van der Waals surface area (Å²) in [5, 5.41) is 0.621. The zero-order valence-electron chi connectivity index (χ0n) is 31.0. The lowest BCUT2D eigenvalue weighted by molar-refractivity contribution is -0.437. The van der Waals surface area contributed by atoms with E-state index < -0.39 is 17.8 Å². The van der Waals surface area contributed by atoms with Crippen molar-refractivity contribution in [2.45, 2.75) is 99.2 Å². The first-order valence-electron chi connectivity index (χ1n) is 18.5. The zero-order chi connectivity index (χ0) is 38.2. The van der Waals surface area contributed by atoms with Crippen LogP contribution in [0.4, 0.5) is 11.4 Å². The Kier molecular flexibility index (Phi) is 14.3. The van der Waals surface area contributed by atoms with Crippen molar-refractivity contribution < 1.29 is 23.8 Å². The second kappa shape index (κ2) is 18.5. The number of hydroxylamine groups is 2. The highest BCUT2D eigenvalue weighted by molar-refractivity contribution is 7.80. The van der Waals surface area contributed by atoms with Gasteiger partial charge in [-0.25, -0.2) is 4.79 Å². The molecule has 1 saturated heterocycles. The van der Waals surface area contributed by atoms with Crippen molar-refractivity contribution in [3.8, 4) is 0 Å². The molecule has 5 rings (SSSR count). The zero-order valence-corrected chi connectivity index (χ0v) is 34.5. The Morgan fingerprint density at radius 2 is 1.49 bits per heavy atom. The summed E-state index contributed by atoms with van der Waals surface area (Å²) in [4.78, 5) is 45.4. The summed E-state index contributed by atoms with van der Waals surface area (Å²) in [7, 11) is 0. The first kappa shape index (κ1) is 41.1. The Balaban J connectivity index is 1.29. The van der Waals surface area contributed by atoms with Crippen LogP contribution < -0.4 is 4.90 Å². The fourth-order valence-electron chi connectivity index (χ4n) is 7.62. The van der Waals surface area contributed by atoms with Crippen LogP contribution in [0.15, 0.2) is 94.4 Å². The lowest BCUT2D eigenvalue weighted by Gasteiger charge is -2.30. The van der Waals surface area contributed by atoms with E-state index in [-0.39, 0.29) is 30.1 Å². The molecule has 0 aromatic heterocycles. The minimum atomic E-state index is -0.550. The lowest BCUT2D eigenvalue weighted by Crippen LogP contribution is -2.32. The van der Waals surface area contributed by atoms with Gasteiger partial charge in [-0.05, 0) is 93.5 Å². The Morgan fingerprint density at radius 3 is 2.21 bits per heavy atom. The molecule has 0 saturated carbocycles. The smallest absolute Gasteiger partial charge is 0.333 e. The van der Waals surface area contributed by atoms with Crippen molar-refractivity contribution >= 4 is 85.4 Å². The monoisotopic (exact) mass is 790 g/mol. The molecule has 0 aliphatic carbocycles. The summed E-state index contributed by atoms with van der Waals surface area (Å²) in [5.74, 6) is 0.162. The predicted octanol–water partition coefficient (Wildman–Crippen LogP) is 9.17. The molecular formula is C42H52N3O4S4+. The third kappa shape index (κ3) is 9.40. The highest BCUT2D eigenvalue weighted by atomic mass is 32.1. The number of carbonyl (C=O) groups is 3. The number of nitrogens with zero attached hydrogens (tertiary/aromatic N) is 3. The highest BCUT2D eigenvalue weighted by Crippen LogP contribution is 2.51. The summed E-state index contributed by atoms with van der Waals surface area (Å²) in [6.45, 7) is 8.62. The van der Waals surface area contributed by atoms with Gasteiger partial charge in [-0.3, -0.25) is 9.59 Å². The SMILES string of the molecule is CC1(C)C(/C=C/C=C/C=C/C=C2/N(CCCS)c3ccc(S)cc3C2(C)CCCCCC(=O)ON2C(=O)CCC2=O)=[N+](CCCS)c2ccc(S)cc21. The Morgan fingerprint density at radius 1 is 0.830 bits per heavy atom. The number of carbonyl (C=O) groups excluding carboxylic acids is 3. The maximum Gasteiger partial charge on any atom is 0.333 e. The number of hydrogen-bond donors (Lipinski definition) is 4. The van der Waals surface area contributed by atoms with E-state index in [2.05, 4.69) is 141 Å². The summed E-state index contributed by atoms with van der Waals surface area (Å²) in [5.41, 5.74) is 7.06. The number of amides is 2. The number of hydrogen-bond acceptors (Lipinski definition) is 9. The molecule has 3 aliphatic heterocycles. The molecule has 11 heteroatoms. The second-order valence-corrected chi connectivity index (χ2v) is 16.4. The van der Waals surface area contributed by atoms with E-state index in [1.165, 1.54) is 33.9 Å². The van der Waals surface area contributed by atoms with Crippen LogP contribution in [-0.2, 0) is 30.1 Å². The molecule has 1 unspecified atom stereocenters. The van der Waals surface area contributed by atoms with E-state index in [4.69, 9.17) is 17.5 Å². The van der Waals surface area contributed by atoms with Crippen LogP contribution in [-0.4, -0.2) is 57.7 Å². The molecule has 0 spiro atoms. The number of allylic oxidation sites excluding steroid dienone is 8. The molecule has 0 bridgehead atoms. The second-order valence-electron chi connectivity index (χ2n) is 14.5. The average molecular weight is 791 g/mol. The number of unbranched alkanes of at least 4 members (excludes halogenated alkanes) is 2. The maximum atomic E-state index is 12.4. The fourth-order valence-corrected chi connectivity index (χ4v) is 8.31. The van der Waals surface area contributed by atoms with Gasteiger partial charge < -0.3 is 9.74 Å². The van der Waals surface area contributed by atoms with E-state index >= 15 is 0 Å². The van der Waals surface area contributed by atoms with Crippen LogP contribution in [0.25, 0.3) is 0 Å². The lowest BCUT2D eigenvalue weighted by atomic mass is 9.77. The van der Waals surface area contributed by atoms with Crippen molar-refractivity contribution in [2.75, 3.05) is 29.5 Å². The molecular weight excluding hydrogens is 739 g/mol. The van der Waals surface area contributed by atoms with Gasteiger partial charge in [0.2, 0.25) is 5.69 Å². The molecule has 0 N–H and O–H groups in total.